The molecule has 34 heavy (non-hydrogen) atoms. The molecule has 0 fully saturated rings. The Kier molecular flexibility index (Phi) is 7.44. The minimum atomic E-state index is -0.511. The van der Waals surface area contributed by atoms with Gasteiger partial charge in [-0.2, -0.15) is 0 Å². The molecule has 3 aromatic carbocycles. The molecule has 0 spiro atoms. The van der Waals surface area contributed by atoms with E-state index in [1.807, 2.05) is 18.0 Å². The molecule has 0 saturated heterocycles. The van der Waals surface area contributed by atoms with E-state index in [0.717, 1.165) is 23.7 Å². The van der Waals surface area contributed by atoms with Crippen molar-refractivity contribution >= 4 is 16.3 Å². The Morgan fingerprint density at radius 3 is 2.00 bits per heavy atom. The average Bonchev–Trinajstić information content (AvgIpc) is 3.13. The van der Waals surface area contributed by atoms with Crippen molar-refractivity contribution < 1.29 is 8.78 Å². The molecular weight excluding hydrogens is 446 g/mol. The number of aryl methyl sites for hydroxylation is 1. The van der Waals surface area contributed by atoms with Crippen LogP contribution in [0.5, 0.6) is 0 Å². The first kappa shape index (κ1) is 24.1. The number of anilines is 1. The summed E-state index contributed by atoms with van der Waals surface area (Å²) in [5, 5.41) is 1.03. The minimum Gasteiger partial charge on any atom is -0.362 e. The first-order chi connectivity index (χ1) is 16.3. The third-order valence-electron chi connectivity index (χ3n) is 6.09. The summed E-state index contributed by atoms with van der Waals surface area (Å²) >= 11 is 1.69. The maximum atomic E-state index is 14.3. The molecule has 0 aliphatic heterocycles. The molecule has 1 heterocycles. The Morgan fingerprint density at radius 1 is 0.706 bits per heavy atom. The van der Waals surface area contributed by atoms with Crippen LogP contribution in [0.25, 0.3) is 10.4 Å². The monoisotopic (exact) mass is 476 g/mol. The van der Waals surface area contributed by atoms with E-state index in [2.05, 4.69) is 74.3 Å². The number of halogens is 2. The maximum Gasteiger partial charge on any atom is 0.131 e. The van der Waals surface area contributed by atoms with E-state index in [1.165, 1.54) is 45.3 Å². The summed E-state index contributed by atoms with van der Waals surface area (Å²) in [6, 6.07) is 23.0. The molecule has 0 aliphatic rings. The van der Waals surface area contributed by atoms with Gasteiger partial charge in [0.15, 0.2) is 0 Å². The molecule has 0 saturated carbocycles. The molecule has 0 atom stereocenters. The van der Waals surface area contributed by atoms with E-state index in [4.69, 9.17) is 0 Å². The first-order valence-corrected chi connectivity index (χ1v) is 12.2. The number of thiophene rings is 1. The van der Waals surface area contributed by atoms with E-state index in [-0.39, 0.29) is 12.1 Å². The summed E-state index contributed by atoms with van der Waals surface area (Å²) in [5.74, 6) is -1.02. The van der Waals surface area contributed by atoms with Gasteiger partial charge in [0.25, 0.3) is 0 Å². The average molecular weight is 477 g/mol. The first-order valence-electron chi connectivity index (χ1n) is 11.4. The predicted octanol–water partition coefficient (Wildman–Crippen LogP) is 7.58. The summed E-state index contributed by atoms with van der Waals surface area (Å²) < 4.78 is 28.6. The van der Waals surface area contributed by atoms with E-state index in [0.29, 0.717) is 0 Å². The van der Waals surface area contributed by atoms with E-state index in [9.17, 15) is 8.78 Å². The van der Waals surface area contributed by atoms with Crippen LogP contribution in [0.2, 0.25) is 0 Å². The van der Waals surface area contributed by atoms with E-state index < -0.39 is 11.6 Å². The molecule has 176 valence electrons. The highest BCUT2D eigenvalue weighted by Crippen LogP contribution is 2.42. The van der Waals surface area contributed by atoms with Gasteiger partial charge in [0.2, 0.25) is 0 Å². The minimum absolute atomic E-state index is 0.0948. The van der Waals surface area contributed by atoms with Crippen LogP contribution in [0, 0.1) is 25.5 Å². The maximum absolute atomic E-state index is 14.3. The molecule has 0 bridgehead atoms. The highest BCUT2D eigenvalue weighted by Gasteiger charge is 2.21. The molecule has 2 nitrogen and oxygen atoms in total. The highest BCUT2D eigenvalue weighted by atomic mass is 32.1. The van der Waals surface area contributed by atoms with Gasteiger partial charge < -0.3 is 4.90 Å². The van der Waals surface area contributed by atoms with Gasteiger partial charge in [-0.05, 0) is 55.3 Å². The van der Waals surface area contributed by atoms with Crippen molar-refractivity contribution in [3.05, 3.63) is 112 Å². The third kappa shape index (κ3) is 5.37. The van der Waals surface area contributed by atoms with Gasteiger partial charge >= 0.3 is 0 Å². The Balaban J connectivity index is 1.68. The normalized spacial score (nSPS) is 11.3. The predicted molar refractivity (Wildman–Crippen MR) is 139 cm³/mol. The van der Waals surface area contributed by atoms with Crippen molar-refractivity contribution in [3.63, 3.8) is 0 Å². The fraction of sp³-hybridized carbons (Fsp3) is 0.241. The molecule has 0 amide bonds. The van der Waals surface area contributed by atoms with Gasteiger partial charge in [-0.3, -0.25) is 4.90 Å². The second-order valence-electron chi connectivity index (χ2n) is 8.92. The number of hydrogen-bond donors (Lipinski definition) is 0. The molecule has 0 aliphatic carbocycles. The third-order valence-corrected chi connectivity index (χ3v) is 7.58. The molecular formula is C29H30F2N2S. The Hall–Kier alpha value is -3.02. The van der Waals surface area contributed by atoms with Gasteiger partial charge in [-0.15, -0.1) is 11.3 Å². The van der Waals surface area contributed by atoms with Crippen LogP contribution in [0.15, 0.2) is 72.8 Å². The lowest BCUT2D eigenvalue weighted by atomic mass is 10.0. The summed E-state index contributed by atoms with van der Waals surface area (Å²) in [6.45, 7) is 5.99. The largest absolute Gasteiger partial charge is 0.362 e. The second kappa shape index (κ2) is 10.5. The topological polar surface area (TPSA) is 6.48 Å². The number of benzene rings is 3. The number of hydrogen-bond acceptors (Lipinski definition) is 3. The zero-order chi connectivity index (χ0) is 24.2. The Bertz CT molecular complexity index is 1230. The van der Waals surface area contributed by atoms with Gasteiger partial charge in [0.05, 0.1) is 5.00 Å². The Morgan fingerprint density at radius 2 is 1.35 bits per heavy atom. The molecule has 4 rings (SSSR count). The van der Waals surface area contributed by atoms with E-state index >= 15 is 0 Å². The van der Waals surface area contributed by atoms with E-state index in [1.54, 1.807) is 11.3 Å². The molecule has 0 N–H and O–H groups in total. The van der Waals surface area contributed by atoms with Gasteiger partial charge in [0.1, 0.15) is 11.6 Å². The molecule has 0 radical (unpaired) electrons. The number of rotatable bonds is 8. The van der Waals surface area contributed by atoms with Crippen molar-refractivity contribution in [1.82, 2.24) is 4.90 Å². The zero-order valence-electron chi connectivity index (χ0n) is 20.1. The van der Waals surface area contributed by atoms with Crippen LogP contribution in [0.3, 0.4) is 0 Å². The van der Waals surface area contributed by atoms with Gasteiger partial charge in [-0.25, -0.2) is 8.78 Å². The SMILES string of the molecule is Cc1ccc(-c2sc(N(C)Cc3c(F)cccc3F)c(C)c2CN(C)Cc2ccccc2)cc1. The van der Waals surface area contributed by atoms with Gasteiger partial charge in [-0.1, -0.05) is 66.2 Å². The van der Waals surface area contributed by atoms with Gasteiger partial charge in [0, 0.05) is 37.1 Å². The van der Waals surface area contributed by atoms with Crippen LogP contribution in [-0.4, -0.2) is 19.0 Å². The van der Waals surface area contributed by atoms with Crippen molar-refractivity contribution in [1.29, 1.82) is 0 Å². The second-order valence-corrected chi connectivity index (χ2v) is 9.92. The van der Waals surface area contributed by atoms with Crippen LogP contribution in [-0.2, 0) is 19.6 Å². The smallest absolute Gasteiger partial charge is 0.131 e. The Labute approximate surface area is 205 Å². The van der Waals surface area contributed by atoms with Crippen molar-refractivity contribution in [2.24, 2.45) is 0 Å². The van der Waals surface area contributed by atoms with Crippen LogP contribution in [0.4, 0.5) is 13.8 Å². The lowest BCUT2D eigenvalue weighted by Gasteiger charge is -2.21. The molecule has 0 unspecified atom stereocenters. The summed E-state index contributed by atoms with van der Waals surface area (Å²) in [7, 11) is 4.03. The standard InChI is InChI=1S/C29H30F2N2S/c1-20-13-15-23(16-14-20)28-24(18-32(3)17-22-9-6-5-7-10-22)21(2)29(34-28)33(4)19-25-26(30)11-8-12-27(25)31/h5-16H,17-19H2,1-4H3. The summed E-state index contributed by atoms with van der Waals surface area (Å²) in [5.41, 5.74) is 6.15. The quantitative estimate of drug-likeness (QED) is 0.259. The van der Waals surface area contributed by atoms with Crippen molar-refractivity contribution in [3.8, 4) is 10.4 Å². The highest BCUT2D eigenvalue weighted by molar-refractivity contribution is 7.19. The van der Waals surface area contributed by atoms with Crippen molar-refractivity contribution in [2.45, 2.75) is 33.5 Å². The van der Waals surface area contributed by atoms with Crippen LogP contribution in [0.1, 0.15) is 27.8 Å². The summed E-state index contributed by atoms with van der Waals surface area (Å²) in [6.07, 6.45) is 0. The lowest BCUT2D eigenvalue weighted by Crippen LogP contribution is -2.19. The molecule has 5 heteroatoms. The fourth-order valence-corrected chi connectivity index (χ4v) is 5.52. The zero-order valence-corrected chi connectivity index (χ0v) is 20.9. The lowest BCUT2D eigenvalue weighted by molar-refractivity contribution is 0.319. The van der Waals surface area contributed by atoms with Crippen LogP contribution >= 0.6 is 11.3 Å². The molecule has 1 aromatic heterocycles. The van der Waals surface area contributed by atoms with Crippen molar-refractivity contribution in [2.75, 3.05) is 19.0 Å². The molecule has 4 aromatic rings. The van der Waals surface area contributed by atoms with Crippen LogP contribution < -0.4 is 4.90 Å². The fourth-order valence-electron chi connectivity index (χ4n) is 4.24. The summed E-state index contributed by atoms with van der Waals surface area (Å²) in [4.78, 5) is 5.47. The number of nitrogens with zero attached hydrogens (tertiary/aromatic N) is 2.